The van der Waals surface area contributed by atoms with E-state index in [4.69, 9.17) is 8.83 Å². The second-order valence-electron chi connectivity index (χ2n) is 14.5. The van der Waals surface area contributed by atoms with Crippen LogP contribution in [0, 0.1) is 0 Å². The van der Waals surface area contributed by atoms with Gasteiger partial charge >= 0.3 is 0 Å². The first kappa shape index (κ1) is 32.8. The lowest BCUT2D eigenvalue weighted by atomic mass is 10.00. The Morgan fingerprint density at radius 1 is 0.281 bits per heavy atom. The van der Waals surface area contributed by atoms with E-state index < -0.39 is 0 Å². The Bertz CT molecular complexity index is 3200. The number of nitrogens with zero attached hydrogens (tertiary/aromatic N) is 1. The molecule has 3 nitrogen and oxygen atoms in total. The Labute approximate surface area is 330 Å². The van der Waals surface area contributed by atoms with Gasteiger partial charge in [0, 0.05) is 38.5 Å². The minimum atomic E-state index is 0.848. The highest BCUT2D eigenvalue weighted by Crippen LogP contribution is 2.44. The van der Waals surface area contributed by atoms with Crippen molar-refractivity contribution in [3.05, 3.63) is 212 Å². The van der Waals surface area contributed by atoms with Crippen LogP contribution in [0.1, 0.15) is 0 Å². The van der Waals surface area contributed by atoms with E-state index in [1.165, 1.54) is 22.3 Å². The van der Waals surface area contributed by atoms with E-state index in [2.05, 4.69) is 211 Å². The van der Waals surface area contributed by atoms with Crippen molar-refractivity contribution in [2.75, 3.05) is 4.90 Å². The first-order valence-electron chi connectivity index (χ1n) is 19.3. The predicted octanol–water partition coefficient (Wildman–Crippen LogP) is 15.6. The Morgan fingerprint density at radius 2 is 0.702 bits per heavy atom. The number of anilines is 3. The van der Waals surface area contributed by atoms with E-state index in [0.29, 0.717) is 0 Å². The molecule has 0 N–H and O–H groups in total. The van der Waals surface area contributed by atoms with E-state index in [1.807, 2.05) is 6.07 Å². The van der Waals surface area contributed by atoms with Gasteiger partial charge in [0.15, 0.2) is 5.58 Å². The van der Waals surface area contributed by atoms with Crippen LogP contribution in [0.5, 0.6) is 0 Å². The predicted molar refractivity (Wildman–Crippen MR) is 237 cm³/mol. The van der Waals surface area contributed by atoms with Gasteiger partial charge in [-0.15, -0.1) is 0 Å². The summed E-state index contributed by atoms with van der Waals surface area (Å²) in [6.07, 6.45) is 0. The minimum absolute atomic E-state index is 0.848. The Hall–Kier alpha value is -7.62. The summed E-state index contributed by atoms with van der Waals surface area (Å²) >= 11 is 0. The van der Waals surface area contributed by atoms with Gasteiger partial charge in [-0.05, 0) is 93.5 Å². The van der Waals surface area contributed by atoms with Gasteiger partial charge in [-0.1, -0.05) is 158 Å². The van der Waals surface area contributed by atoms with Gasteiger partial charge in [0.1, 0.15) is 16.7 Å². The number of rotatable bonds is 7. The highest BCUT2D eigenvalue weighted by Gasteiger charge is 2.20. The molecule has 0 saturated heterocycles. The lowest BCUT2D eigenvalue weighted by molar-refractivity contribution is 0.669. The zero-order valence-electron chi connectivity index (χ0n) is 31.0. The first-order chi connectivity index (χ1) is 28.2. The number of hydrogen-bond donors (Lipinski definition) is 0. The standard InChI is InChI=1S/C54H35NO2/c1-4-12-36(13-5-1)38-22-28-43(29-23-38)55(50-21-11-20-47-49-34-41(37-14-6-2-7-15-37)26-33-52(49)57-54(47)50)44-30-24-39(25-31-44)42-27-32-51-48(35-42)46-19-10-18-45(53(46)56-51)40-16-8-3-9-17-40/h1-35H. The average Bonchev–Trinajstić information content (AvgIpc) is 3.86. The molecule has 0 amide bonds. The van der Waals surface area contributed by atoms with Gasteiger partial charge in [0.25, 0.3) is 0 Å². The summed E-state index contributed by atoms with van der Waals surface area (Å²) in [6.45, 7) is 0. The molecule has 0 spiro atoms. The zero-order chi connectivity index (χ0) is 37.7. The second kappa shape index (κ2) is 13.6. The van der Waals surface area contributed by atoms with Crippen LogP contribution in [0.3, 0.4) is 0 Å². The molecule has 0 atom stereocenters. The summed E-state index contributed by atoms with van der Waals surface area (Å²) in [5.41, 5.74) is 15.8. The van der Waals surface area contributed by atoms with E-state index in [0.717, 1.165) is 83.2 Å². The van der Waals surface area contributed by atoms with Crippen LogP contribution < -0.4 is 4.90 Å². The van der Waals surface area contributed by atoms with E-state index in [9.17, 15) is 0 Å². The topological polar surface area (TPSA) is 29.5 Å². The summed E-state index contributed by atoms with van der Waals surface area (Å²) in [4.78, 5) is 2.30. The fraction of sp³-hybridized carbons (Fsp3) is 0. The molecule has 11 aromatic rings. The van der Waals surface area contributed by atoms with Crippen molar-refractivity contribution in [3.8, 4) is 44.5 Å². The van der Waals surface area contributed by atoms with Crippen molar-refractivity contribution in [2.45, 2.75) is 0 Å². The fourth-order valence-electron chi connectivity index (χ4n) is 8.26. The molecule has 0 aliphatic carbocycles. The molecule has 0 saturated carbocycles. The van der Waals surface area contributed by atoms with E-state index in [1.54, 1.807) is 0 Å². The SMILES string of the molecule is c1ccc(-c2ccc(N(c3ccc(-c4ccc5oc6c(-c7ccccc7)cccc6c5c4)cc3)c3cccc4c3oc3ccc(-c5ccccc5)cc34)cc2)cc1. The second-order valence-corrected chi connectivity index (χ2v) is 14.5. The number of para-hydroxylation sites is 2. The smallest absolute Gasteiger partial charge is 0.159 e. The van der Waals surface area contributed by atoms with Crippen molar-refractivity contribution >= 4 is 60.9 Å². The van der Waals surface area contributed by atoms with Crippen LogP contribution >= 0.6 is 0 Å². The molecule has 2 aromatic heterocycles. The van der Waals surface area contributed by atoms with Crippen LogP contribution in [-0.2, 0) is 0 Å². The van der Waals surface area contributed by atoms with Crippen LogP contribution in [0.25, 0.3) is 88.4 Å². The summed E-state index contributed by atoms with van der Waals surface area (Å²) < 4.78 is 13.2. The molecule has 3 heteroatoms. The van der Waals surface area contributed by atoms with Gasteiger partial charge < -0.3 is 13.7 Å². The van der Waals surface area contributed by atoms with Crippen molar-refractivity contribution < 1.29 is 8.83 Å². The molecular weight excluding hydrogens is 695 g/mol. The molecule has 9 aromatic carbocycles. The molecule has 0 unspecified atom stereocenters. The molecule has 0 bridgehead atoms. The monoisotopic (exact) mass is 729 g/mol. The van der Waals surface area contributed by atoms with Gasteiger partial charge in [-0.2, -0.15) is 0 Å². The van der Waals surface area contributed by atoms with Gasteiger partial charge in [-0.25, -0.2) is 0 Å². The summed E-state index contributed by atoms with van der Waals surface area (Å²) in [7, 11) is 0. The molecular formula is C54H35NO2. The molecule has 268 valence electrons. The molecule has 0 aliphatic heterocycles. The number of benzene rings is 9. The summed E-state index contributed by atoms with van der Waals surface area (Å²) in [6, 6.07) is 75.0. The molecule has 0 aliphatic rings. The van der Waals surface area contributed by atoms with Gasteiger partial charge in [0.05, 0.1) is 5.69 Å². The van der Waals surface area contributed by atoms with Crippen LogP contribution in [0.15, 0.2) is 221 Å². The normalized spacial score (nSPS) is 11.5. The van der Waals surface area contributed by atoms with Crippen molar-refractivity contribution in [2.24, 2.45) is 0 Å². The number of hydrogen-bond acceptors (Lipinski definition) is 3. The van der Waals surface area contributed by atoms with Gasteiger partial charge in [0.2, 0.25) is 0 Å². The minimum Gasteiger partial charge on any atom is -0.455 e. The molecule has 0 radical (unpaired) electrons. The molecule has 2 heterocycles. The maximum absolute atomic E-state index is 6.74. The molecule has 0 fully saturated rings. The van der Waals surface area contributed by atoms with E-state index >= 15 is 0 Å². The lowest BCUT2D eigenvalue weighted by Gasteiger charge is -2.26. The Balaban J connectivity index is 1.02. The van der Waals surface area contributed by atoms with Crippen LogP contribution in [-0.4, -0.2) is 0 Å². The highest BCUT2D eigenvalue weighted by molar-refractivity contribution is 6.12. The van der Waals surface area contributed by atoms with Crippen molar-refractivity contribution in [1.82, 2.24) is 0 Å². The highest BCUT2D eigenvalue weighted by atomic mass is 16.3. The summed E-state index contributed by atoms with van der Waals surface area (Å²) in [5, 5.41) is 4.40. The van der Waals surface area contributed by atoms with Crippen LogP contribution in [0.4, 0.5) is 17.1 Å². The van der Waals surface area contributed by atoms with Crippen molar-refractivity contribution in [3.63, 3.8) is 0 Å². The zero-order valence-corrected chi connectivity index (χ0v) is 31.0. The van der Waals surface area contributed by atoms with E-state index in [-0.39, 0.29) is 0 Å². The largest absolute Gasteiger partial charge is 0.455 e. The third kappa shape index (κ3) is 5.76. The molecule has 11 rings (SSSR count). The third-order valence-corrected chi connectivity index (χ3v) is 11.1. The lowest BCUT2D eigenvalue weighted by Crippen LogP contribution is -2.10. The molecule has 57 heavy (non-hydrogen) atoms. The Morgan fingerprint density at radius 3 is 1.26 bits per heavy atom. The first-order valence-corrected chi connectivity index (χ1v) is 19.3. The maximum atomic E-state index is 6.74. The number of furan rings is 2. The fourth-order valence-corrected chi connectivity index (χ4v) is 8.26. The Kier molecular flexibility index (Phi) is 7.82. The maximum Gasteiger partial charge on any atom is 0.159 e. The summed E-state index contributed by atoms with van der Waals surface area (Å²) in [5.74, 6) is 0. The van der Waals surface area contributed by atoms with Crippen molar-refractivity contribution in [1.29, 1.82) is 0 Å². The van der Waals surface area contributed by atoms with Gasteiger partial charge in [-0.3, -0.25) is 0 Å². The quantitative estimate of drug-likeness (QED) is 0.164. The number of fused-ring (bicyclic) bond motifs is 6. The average molecular weight is 730 g/mol. The third-order valence-electron chi connectivity index (χ3n) is 11.1. The van der Waals surface area contributed by atoms with Crippen LogP contribution in [0.2, 0.25) is 0 Å².